The van der Waals surface area contributed by atoms with Gasteiger partial charge in [0.25, 0.3) is 0 Å². The van der Waals surface area contributed by atoms with Crippen LogP contribution in [0.5, 0.6) is 0 Å². The summed E-state index contributed by atoms with van der Waals surface area (Å²) in [5, 5.41) is 3.13. The summed E-state index contributed by atoms with van der Waals surface area (Å²) in [5.74, 6) is 0.210. The van der Waals surface area contributed by atoms with Crippen LogP contribution in [0, 0.1) is 0 Å². The second-order valence-corrected chi connectivity index (χ2v) is 3.97. The third-order valence-corrected chi connectivity index (χ3v) is 2.36. The van der Waals surface area contributed by atoms with E-state index in [9.17, 15) is 4.79 Å². The Hall–Kier alpha value is -0.610. The van der Waals surface area contributed by atoms with Crippen molar-refractivity contribution in [2.24, 2.45) is 0 Å². The zero-order valence-corrected chi connectivity index (χ0v) is 8.87. The van der Waals surface area contributed by atoms with Crippen molar-refractivity contribution in [2.75, 3.05) is 27.2 Å². The summed E-state index contributed by atoms with van der Waals surface area (Å²) in [7, 11) is 4.05. The van der Waals surface area contributed by atoms with Crippen LogP contribution in [0.4, 0.5) is 0 Å². The molecule has 0 bridgehead atoms. The highest BCUT2D eigenvalue weighted by Gasteiger charge is 2.30. The largest absolute Gasteiger partial charge is 0.322 e. The van der Waals surface area contributed by atoms with Crippen LogP contribution < -0.4 is 5.32 Å². The first kappa shape index (κ1) is 10.5. The van der Waals surface area contributed by atoms with Crippen molar-refractivity contribution in [3.63, 3.8) is 0 Å². The number of rotatable bonds is 3. The van der Waals surface area contributed by atoms with Gasteiger partial charge in [-0.2, -0.15) is 0 Å². The number of likely N-dealkylation sites (N-methyl/N-ethyl adjacent to an activating group) is 1. The zero-order valence-electron chi connectivity index (χ0n) is 8.87. The second kappa shape index (κ2) is 4.07. The molecule has 4 heteroatoms. The van der Waals surface area contributed by atoms with Gasteiger partial charge >= 0.3 is 0 Å². The fourth-order valence-electron chi connectivity index (χ4n) is 1.88. The summed E-state index contributed by atoms with van der Waals surface area (Å²) in [4.78, 5) is 15.5. The molecule has 1 fully saturated rings. The van der Waals surface area contributed by atoms with Crippen LogP contribution >= 0.6 is 0 Å². The summed E-state index contributed by atoms with van der Waals surface area (Å²) in [6.45, 7) is 5.51. The Kier molecular flexibility index (Phi) is 3.27. The third kappa shape index (κ3) is 2.42. The molecule has 0 aromatic carbocycles. The van der Waals surface area contributed by atoms with Crippen LogP contribution in [0.25, 0.3) is 0 Å². The number of amides is 1. The maximum absolute atomic E-state index is 11.5. The predicted octanol–water partition coefficient (Wildman–Crippen LogP) is -0.286. The van der Waals surface area contributed by atoms with Crippen LogP contribution in [0.2, 0.25) is 0 Å². The molecule has 4 nitrogen and oxygen atoms in total. The quantitative estimate of drug-likeness (QED) is 0.656. The van der Waals surface area contributed by atoms with Gasteiger partial charge in [0, 0.05) is 12.6 Å². The standard InChI is InChI=1S/C9H19N3O/c1-7(6-11(3)4)12-8(2)10-5-9(12)13/h7-8,10H,5-6H2,1-4H3. The van der Waals surface area contributed by atoms with Crippen molar-refractivity contribution < 1.29 is 4.79 Å². The first-order valence-corrected chi connectivity index (χ1v) is 4.71. The molecular formula is C9H19N3O. The molecule has 1 N–H and O–H groups in total. The number of carbonyl (C=O) groups excluding carboxylic acids is 1. The normalized spacial score (nSPS) is 25.8. The third-order valence-electron chi connectivity index (χ3n) is 2.36. The van der Waals surface area contributed by atoms with E-state index in [2.05, 4.69) is 17.1 Å². The van der Waals surface area contributed by atoms with Crippen molar-refractivity contribution in [3.05, 3.63) is 0 Å². The number of nitrogens with zero attached hydrogens (tertiary/aromatic N) is 2. The first-order valence-electron chi connectivity index (χ1n) is 4.71. The number of carbonyl (C=O) groups is 1. The van der Waals surface area contributed by atoms with Gasteiger partial charge in [0.15, 0.2) is 0 Å². The van der Waals surface area contributed by atoms with E-state index in [0.717, 1.165) is 6.54 Å². The molecule has 2 atom stereocenters. The van der Waals surface area contributed by atoms with E-state index in [0.29, 0.717) is 6.54 Å². The van der Waals surface area contributed by atoms with Crippen molar-refractivity contribution in [3.8, 4) is 0 Å². The second-order valence-electron chi connectivity index (χ2n) is 3.97. The molecule has 1 saturated heterocycles. The minimum absolute atomic E-state index is 0.183. The molecular weight excluding hydrogens is 166 g/mol. The highest BCUT2D eigenvalue weighted by atomic mass is 16.2. The van der Waals surface area contributed by atoms with Gasteiger partial charge in [0.05, 0.1) is 12.7 Å². The molecule has 1 heterocycles. The molecule has 1 aliphatic heterocycles. The average Bonchev–Trinajstić information content (AvgIpc) is 2.29. The van der Waals surface area contributed by atoms with E-state index >= 15 is 0 Å². The molecule has 1 amide bonds. The molecule has 76 valence electrons. The van der Waals surface area contributed by atoms with Gasteiger partial charge in [0.1, 0.15) is 0 Å². The summed E-state index contributed by atoms with van der Waals surface area (Å²) < 4.78 is 0. The Morgan fingerprint density at radius 3 is 2.69 bits per heavy atom. The van der Waals surface area contributed by atoms with E-state index < -0.39 is 0 Å². The maximum atomic E-state index is 11.5. The number of nitrogens with one attached hydrogen (secondary N) is 1. The number of hydrogen-bond donors (Lipinski definition) is 1. The highest BCUT2D eigenvalue weighted by molar-refractivity contribution is 5.80. The lowest BCUT2D eigenvalue weighted by molar-refractivity contribution is -0.129. The Balaban J connectivity index is 2.53. The molecule has 0 aromatic heterocycles. The molecule has 0 aromatic rings. The Bertz CT molecular complexity index is 193. The van der Waals surface area contributed by atoms with Crippen LogP contribution in [-0.4, -0.2) is 55.1 Å². The van der Waals surface area contributed by atoms with Gasteiger partial charge < -0.3 is 9.80 Å². The van der Waals surface area contributed by atoms with E-state index in [1.807, 2.05) is 25.9 Å². The zero-order chi connectivity index (χ0) is 10.0. The van der Waals surface area contributed by atoms with E-state index in [-0.39, 0.29) is 18.1 Å². The van der Waals surface area contributed by atoms with E-state index in [1.54, 1.807) is 0 Å². The lowest BCUT2D eigenvalue weighted by atomic mass is 10.2. The van der Waals surface area contributed by atoms with Crippen LogP contribution in [0.15, 0.2) is 0 Å². The summed E-state index contributed by atoms with van der Waals surface area (Å²) in [6, 6.07) is 0.285. The minimum atomic E-state index is 0.183. The van der Waals surface area contributed by atoms with Crippen molar-refractivity contribution >= 4 is 5.91 Å². The molecule has 1 aliphatic rings. The molecule has 0 saturated carbocycles. The van der Waals surface area contributed by atoms with E-state index in [4.69, 9.17) is 0 Å². The molecule has 1 rings (SSSR count). The number of hydrogen-bond acceptors (Lipinski definition) is 3. The highest BCUT2D eigenvalue weighted by Crippen LogP contribution is 2.09. The van der Waals surface area contributed by atoms with Crippen molar-refractivity contribution in [1.82, 2.24) is 15.1 Å². The van der Waals surface area contributed by atoms with Gasteiger partial charge in [-0.05, 0) is 27.9 Å². The molecule has 0 radical (unpaired) electrons. The Morgan fingerprint density at radius 1 is 1.69 bits per heavy atom. The molecule has 13 heavy (non-hydrogen) atoms. The van der Waals surface area contributed by atoms with Crippen molar-refractivity contribution in [2.45, 2.75) is 26.1 Å². The fraction of sp³-hybridized carbons (Fsp3) is 0.889. The fourth-order valence-corrected chi connectivity index (χ4v) is 1.88. The minimum Gasteiger partial charge on any atom is -0.322 e. The van der Waals surface area contributed by atoms with Gasteiger partial charge in [-0.25, -0.2) is 0 Å². The van der Waals surface area contributed by atoms with Crippen LogP contribution in [-0.2, 0) is 4.79 Å². The van der Waals surface area contributed by atoms with Gasteiger partial charge in [-0.3, -0.25) is 10.1 Å². The predicted molar refractivity (Wildman–Crippen MR) is 52.3 cm³/mol. The smallest absolute Gasteiger partial charge is 0.238 e. The summed E-state index contributed by atoms with van der Waals surface area (Å²) in [6.07, 6.45) is 0.183. The molecule has 0 aliphatic carbocycles. The van der Waals surface area contributed by atoms with E-state index in [1.165, 1.54) is 0 Å². The Labute approximate surface area is 79.9 Å². The summed E-state index contributed by atoms with van der Waals surface area (Å²) in [5.41, 5.74) is 0. The topological polar surface area (TPSA) is 35.6 Å². The first-order chi connectivity index (χ1) is 6.02. The lowest BCUT2D eigenvalue weighted by Gasteiger charge is -2.30. The van der Waals surface area contributed by atoms with Gasteiger partial charge in [0.2, 0.25) is 5.91 Å². The van der Waals surface area contributed by atoms with Gasteiger partial charge in [-0.15, -0.1) is 0 Å². The maximum Gasteiger partial charge on any atom is 0.238 e. The van der Waals surface area contributed by atoms with Crippen LogP contribution in [0.1, 0.15) is 13.8 Å². The molecule has 2 unspecified atom stereocenters. The summed E-state index contributed by atoms with van der Waals surface area (Å²) >= 11 is 0. The monoisotopic (exact) mass is 185 g/mol. The average molecular weight is 185 g/mol. The van der Waals surface area contributed by atoms with Crippen molar-refractivity contribution in [1.29, 1.82) is 0 Å². The SMILES string of the molecule is CC(CN(C)C)N1C(=O)CNC1C. The molecule has 0 spiro atoms. The van der Waals surface area contributed by atoms with Crippen LogP contribution in [0.3, 0.4) is 0 Å². The lowest BCUT2D eigenvalue weighted by Crippen LogP contribution is -2.45. The van der Waals surface area contributed by atoms with Gasteiger partial charge in [-0.1, -0.05) is 0 Å². The Morgan fingerprint density at radius 2 is 2.31 bits per heavy atom.